The summed E-state index contributed by atoms with van der Waals surface area (Å²) in [5.41, 5.74) is 16.7. The Morgan fingerprint density at radius 3 is 1.70 bits per heavy atom. The smallest absolute Gasteiger partial charge is 0.207 e. The average Bonchev–Trinajstić information content (AvgIpc) is 3.88. The van der Waals surface area contributed by atoms with Gasteiger partial charge in [0.15, 0.2) is 0 Å². The zero-order chi connectivity index (χ0) is 43.2. The van der Waals surface area contributed by atoms with Crippen molar-refractivity contribution in [1.29, 1.82) is 0 Å². The Morgan fingerprint density at radius 1 is 0.469 bits per heavy atom. The van der Waals surface area contributed by atoms with Gasteiger partial charge in [0.05, 0.1) is 20.8 Å². The van der Waals surface area contributed by atoms with E-state index in [9.17, 15) is 8.42 Å². The second kappa shape index (κ2) is 14.4. The van der Waals surface area contributed by atoms with E-state index < -0.39 is 9.84 Å². The van der Waals surface area contributed by atoms with Crippen LogP contribution in [0.2, 0.25) is 0 Å². The SMILES string of the molecule is CC1(C)c2cc(-c3ccc4c(c3)S(=O)(=O)c3cc(/C=C/c5ccc(N(c6ccccc6)c6ccccc6)cc5)ccc3-4)ccc2-c2ccc3c4ccccc4n(-c4ccccc4)c3c21. The molecule has 64 heavy (non-hydrogen) atoms. The second-order valence-corrected chi connectivity index (χ2v) is 19.2. The van der Waals surface area contributed by atoms with Gasteiger partial charge in [0.2, 0.25) is 9.84 Å². The van der Waals surface area contributed by atoms with Gasteiger partial charge in [-0.3, -0.25) is 0 Å². The Morgan fingerprint density at radius 2 is 1.00 bits per heavy atom. The summed E-state index contributed by atoms with van der Waals surface area (Å²) in [6.45, 7) is 4.65. The number of fused-ring (bicyclic) bond motifs is 10. The van der Waals surface area contributed by atoms with Crippen LogP contribution in [-0.4, -0.2) is 13.0 Å². The van der Waals surface area contributed by atoms with Gasteiger partial charge in [-0.15, -0.1) is 0 Å². The minimum Gasteiger partial charge on any atom is -0.311 e. The minimum absolute atomic E-state index is 0.323. The lowest BCUT2D eigenvalue weighted by molar-refractivity contribution is 0.598. The first-order valence-corrected chi connectivity index (χ1v) is 23.2. The van der Waals surface area contributed by atoms with Gasteiger partial charge in [0, 0.05) is 50.1 Å². The number of nitrogens with zero attached hydrogens (tertiary/aromatic N) is 2. The molecular formula is C59H42N2O2S. The Balaban J connectivity index is 0.851. The molecule has 1 aliphatic carbocycles. The molecule has 4 nitrogen and oxygen atoms in total. The van der Waals surface area contributed by atoms with Crippen molar-refractivity contribution in [2.75, 3.05) is 4.90 Å². The van der Waals surface area contributed by atoms with Gasteiger partial charge >= 0.3 is 0 Å². The molecule has 0 unspecified atom stereocenters. The molecule has 12 rings (SSSR count). The first-order chi connectivity index (χ1) is 31.3. The highest BCUT2D eigenvalue weighted by Gasteiger charge is 2.39. The monoisotopic (exact) mass is 842 g/mol. The van der Waals surface area contributed by atoms with Crippen LogP contribution in [0.3, 0.4) is 0 Å². The fourth-order valence-electron chi connectivity index (χ4n) is 10.3. The van der Waals surface area contributed by atoms with Crippen molar-refractivity contribution in [1.82, 2.24) is 4.57 Å². The second-order valence-electron chi connectivity index (χ2n) is 17.4. The molecule has 0 amide bonds. The third kappa shape index (κ3) is 5.85. The molecule has 306 valence electrons. The van der Waals surface area contributed by atoms with E-state index in [4.69, 9.17) is 0 Å². The van der Waals surface area contributed by atoms with Crippen molar-refractivity contribution in [2.24, 2.45) is 0 Å². The number of benzene rings is 9. The number of para-hydroxylation sites is 4. The molecule has 2 aliphatic rings. The molecule has 0 N–H and O–H groups in total. The molecule has 0 radical (unpaired) electrons. The van der Waals surface area contributed by atoms with Crippen molar-refractivity contribution in [3.05, 3.63) is 229 Å². The van der Waals surface area contributed by atoms with Crippen molar-refractivity contribution >= 4 is 60.9 Å². The molecule has 0 saturated carbocycles. The third-order valence-electron chi connectivity index (χ3n) is 13.3. The highest BCUT2D eigenvalue weighted by Crippen LogP contribution is 2.54. The Labute approximate surface area is 373 Å². The van der Waals surface area contributed by atoms with E-state index in [1.807, 2.05) is 78.9 Å². The third-order valence-corrected chi connectivity index (χ3v) is 15.1. The maximum Gasteiger partial charge on any atom is 0.207 e. The molecule has 1 aromatic heterocycles. The summed E-state index contributed by atoms with van der Waals surface area (Å²) in [5, 5.41) is 2.48. The van der Waals surface area contributed by atoms with Crippen LogP contribution in [0, 0.1) is 0 Å². The summed E-state index contributed by atoms with van der Waals surface area (Å²) in [7, 11) is -3.76. The van der Waals surface area contributed by atoms with E-state index in [1.54, 1.807) is 0 Å². The number of sulfone groups is 1. The van der Waals surface area contributed by atoms with Crippen LogP contribution in [0.15, 0.2) is 216 Å². The predicted molar refractivity (Wildman–Crippen MR) is 265 cm³/mol. The molecule has 1 aliphatic heterocycles. The highest BCUT2D eigenvalue weighted by atomic mass is 32.2. The van der Waals surface area contributed by atoms with Crippen LogP contribution < -0.4 is 4.90 Å². The summed E-state index contributed by atoms with van der Waals surface area (Å²) in [5.74, 6) is 0. The van der Waals surface area contributed by atoms with Gasteiger partial charge in [-0.1, -0.05) is 159 Å². The van der Waals surface area contributed by atoms with E-state index in [-0.39, 0.29) is 5.41 Å². The van der Waals surface area contributed by atoms with E-state index in [1.165, 1.54) is 44.1 Å². The summed E-state index contributed by atoms with van der Waals surface area (Å²) >= 11 is 0. The number of rotatable bonds is 7. The molecule has 9 aromatic carbocycles. The molecule has 5 heteroatoms. The molecule has 10 aromatic rings. The Kier molecular flexibility index (Phi) is 8.56. The minimum atomic E-state index is -3.76. The fraction of sp³-hybridized carbons (Fsp3) is 0.0508. The van der Waals surface area contributed by atoms with Crippen LogP contribution in [0.4, 0.5) is 17.1 Å². The van der Waals surface area contributed by atoms with Crippen molar-refractivity contribution in [3.63, 3.8) is 0 Å². The number of anilines is 3. The van der Waals surface area contributed by atoms with Gasteiger partial charge in [-0.25, -0.2) is 8.42 Å². The van der Waals surface area contributed by atoms with Gasteiger partial charge in [-0.05, 0) is 117 Å². The number of hydrogen-bond acceptors (Lipinski definition) is 3. The number of hydrogen-bond donors (Lipinski definition) is 0. The standard InChI is InChI=1S/C59H42N2O2S/c1-59(2)53-37-41(27-32-47(53)51-34-35-52-48-20-12-13-21-54(48)61(58(52)57(51)59)45-18-10-5-11-19-45)42-28-33-50-49-31-26-40(36-55(49)64(62,63)56(50)38-42)23-22-39-24-29-46(30-25-39)60(43-14-6-3-7-15-43)44-16-8-4-9-17-44/h3-38H,1-2H3/b23-22+. The maximum atomic E-state index is 14.4. The molecule has 2 heterocycles. The first kappa shape index (κ1) is 38.0. The predicted octanol–water partition coefficient (Wildman–Crippen LogP) is 15.2. The molecule has 0 bridgehead atoms. The fourth-order valence-corrected chi connectivity index (χ4v) is 12.0. The Bertz CT molecular complexity index is 3590. The van der Waals surface area contributed by atoms with Crippen LogP contribution in [0.1, 0.15) is 36.1 Å². The van der Waals surface area contributed by atoms with E-state index in [0.29, 0.717) is 9.79 Å². The summed E-state index contributed by atoms with van der Waals surface area (Å²) in [6, 6.07) is 71.3. The molecule has 0 spiro atoms. The van der Waals surface area contributed by atoms with Crippen molar-refractivity contribution in [2.45, 2.75) is 29.1 Å². The van der Waals surface area contributed by atoms with Crippen LogP contribution >= 0.6 is 0 Å². The van der Waals surface area contributed by atoms with E-state index in [2.05, 4.69) is 163 Å². The molecular weight excluding hydrogens is 801 g/mol. The molecule has 0 atom stereocenters. The lowest BCUT2D eigenvalue weighted by Crippen LogP contribution is -2.16. The summed E-state index contributed by atoms with van der Waals surface area (Å²) in [6.07, 6.45) is 4.02. The summed E-state index contributed by atoms with van der Waals surface area (Å²) in [4.78, 5) is 2.94. The zero-order valence-electron chi connectivity index (χ0n) is 35.4. The average molecular weight is 843 g/mol. The van der Waals surface area contributed by atoms with Gasteiger partial charge in [-0.2, -0.15) is 0 Å². The Hall–Kier alpha value is -7.73. The molecule has 0 saturated heterocycles. The van der Waals surface area contributed by atoms with Gasteiger partial charge in [0.1, 0.15) is 0 Å². The topological polar surface area (TPSA) is 42.3 Å². The lowest BCUT2D eigenvalue weighted by Gasteiger charge is -2.25. The van der Waals surface area contributed by atoms with E-state index >= 15 is 0 Å². The quantitative estimate of drug-likeness (QED) is 0.150. The number of aromatic nitrogens is 1. The first-order valence-electron chi connectivity index (χ1n) is 21.7. The van der Waals surface area contributed by atoms with E-state index in [0.717, 1.165) is 56.1 Å². The van der Waals surface area contributed by atoms with Gasteiger partial charge in [0.25, 0.3) is 0 Å². The van der Waals surface area contributed by atoms with Gasteiger partial charge < -0.3 is 9.47 Å². The molecule has 0 fully saturated rings. The zero-order valence-corrected chi connectivity index (χ0v) is 36.2. The lowest BCUT2D eigenvalue weighted by atomic mass is 9.80. The van der Waals surface area contributed by atoms with Crippen LogP contribution in [0.5, 0.6) is 0 Å². The van der Waals surface area contributed by atoms with Crippen LogP contribution in [-0.2, 0) is 15.3 Å². The normalized spacial score (nSPS) is 14.1. The summed E-state index contributed by atoms with van der Waals surface area (Å²) < 4.78 is 31.2. The maximum absolute atomic E-state index is 14.4. The highest BCUT2D eigenvalue weighted by molar-refractivity contribution is 7.92. The largest absolute Gasteiger partial charge is 0.311 e. The van der Waals surface area contributed by atoms with Crippen molar-refractivity contribution < 1.29 is 8.42 Å². The van der Waals surface area contributed by atoms with Crippen molar-refractivity contribution in [3.8, 4) is 39.1 Å². The van der Waals surface area contributed by atoms with Crippen LogP contribution in [0.25, 0.3) is 73.0 Å².